The first-order valence-corrected chi connectivity index (χ1v) is 8.16. The molecule has 9 nitrogen and oxygen atoms in total. The molecule has 0 fully saturated rings. The largest absolute Gasteiger partial charge is 1.00 e. The molecule has 0 spiro atoms. The normalized spacial score (nSPS) is 9.61. The molecule has 0 unspecified atom stereocenters. The summed E-state index contributed by atoms with van der Waals surface area (Å²) >= 11 is 0. The zero-order valence-corrected chi connectivity index (χ0v) is 17.6. The number of carbonyl (C=O) groups is 4. The van der Waals surface area contributed by atoms with E-state index in [1.807, 2.05) is 10.6 Å². The number of hydrogen-bond acceptors (Lipinski definition) is 4. The molecule has 0 saturated heterocycles. The third kappa shape index (κ3) is 18.2. The Morgan fingerprint density at radius 3 is 1.75 bits per heavy atom. The molecular formula is C18H31ClN4O5. The highest BCUT2D eigenvalue weighted by atomic mass is 35.5. The van der Waals surface area contributed by atoms with E-state index < -0.39 is 23.9 Å². The molecule has 0 aliphatic carbocycles. The standard InChI is InChI=1S/C10H20N2O.C8H10N2O4.ClH/c1-9(2)10(13)11-7-6-8-12(3,4)5;1-3-5(11)9-7(8(13)14)10-6(12)4-2;/h1,6-8H2,2-5H3;3-4,7H,1-2H2,(H,9,11)(H,10,12)(H,13,14);1H. The number of nitrogens with one attached hydrogen (secondary N) is 3. The topological polar surface area (TPSA) is 125 Å². The minimum absolute atomic E-state index is 0. The van der Waals surface area contributed by atoms with Crippen LogP contribution >= 0.6 is 0 Å². The van der Waals surface area contributed by atoms with E-state index >= 15 is 0 Å². The summed E-state index contributed by atoms with van der Waals surface area (Å²) in [6.07, 6.45) is 1.32. The third-order valence-electron chi connectivity index (χ3n) is 2.87. The molecule has 0 heterocycles. The van der Waals surface area contributed by atoms with E-state index in [1.54, 1.807) is 6.92 Å². The molecule has 0 atom stereocenters. The molecule has 160 valence electrons. The van der Waals surface area contributed by atoms with Gasteiger partial charge in [-0.05, 0) is 19.1 Å². The lowest BCUT2D eigenvalue weighted by Gasteiger charge is -2.23. The van der Waals surface area contributed by atoms with Crippen LogP contribution in [0.15, 0.2) is 37.5 Å². The van der Waals surface area contributed by atoms with Crippen LogP contribution in [0.5, 0.6) is 0 Å². The molecule has 3 amide bonds. The van der Waals surface area contributed by atoms with Crippen molar-refractivity contribution in [3.8, 4) is 0 Å². The van der Waals surface area contributed by atoms with E-state index in [0.29, 0.717) is 5.57 Å². The van der Waals surface area contributed by atoms with Gasteiger partial charge < -0.3 is 37.9 Å². The summed E-state index contributed by atoms with van der Waals surface area (Å²) in [6, 6.07) is 0. The van der Waals surface area contributed by atoms with Gasteiger partial charge in [-0.25, -0.2) is 4.79 Å². The molecule has 0 aromatic heterocycles. The molecule has 28 heavy (non-hydrogen) atoms. The number of carboxylic acid groups (broad SMARTS) is 1. The maximum absolute atomic E-state index is 11.1. The van der Waals surface area contributed by atoms with Gasteiger partial charge in [0.2, 0.25) is 23.9 Å². The monoisotopic (exact) mass is 418 g/mol. The number of carboxylic acids is 1. The van der Waals surface area contributed by atoms with Crippen molar-refractivity contribution in [2.24, 2.45) is 0 Å². The van der Waals surface area contributed by atoms with E-state index in [9.17, 15) is 19.2 Å². The smallest absolute Gasteiger partial charge is 0.347 e. The highest BCUT2D eigenvalue weighted by Gasteiger charge is 2.19. The second-order valence-corrected chi connectivity index (χ2v) is 6.60. The Bertz CT molecular complexity index is 563. The summed E-state index contributed by atoms with van der Waals surface area (Å²) < 4.78 is 0.933. The minimum Gasteiger partial charge on any atom is -1.00 e. The predicted molar refractivity (Wildman–Crippen MR) is 103 cm³/mol. The van der Waals surface area contributed by atoms with Crippen LogP contribution in [0.3, 0.4) is 0 Å². The summed E-state index contributed by atoms with van der Waals surface area (Å²) in [5, 5.41) is 15.4. The zero-order valence-electron chi connectivity index (χ0n) is 16.9. The van der Waals surface area contributed by atoms with Crippen molar-refractivity contribution >= 4 is 23.7 Å². The lowest BCUT2D eigenvalue weighted by Crippen LogP contribution is -3.00. The number of rotatable bonds is 10. The van der Waals surface area contributed by atoms with Crippen molar-refractivity contribution in [1.29, 1.82) is 0 Å². The summed E-state index contributed by atoms with van der Waals surface area (Å²) in [4.78, 5) is 43.0. The van der Waals surface area contributed by atoms with Gasteiger partial charge >= 0.3 is 5.97 Å². The van der Waals surface area contributed by atoms with Gasteiger partial charge in [-0.3, -0.25) is 14.4 Å². The number of quaternary nitrogens is 1. The Morgan fingerprint density at radius 1 is 1.04 bits per heavy atom. The van der Waals surface area contributed by atoms with E-state index in [2.05, 4.69) is 46.2 Å². The number of aliphatic carboxylic acids is 1. The lowest BCUT2D eigenvalue weighted by atomic mass is 10.3. The first kappa shape index (κ1) is 30.1. The van der Waals surface area contributed by atoms with Crippen molar-refractivity contribution < 1.29 is 41.2 Å². The van der Waals surface area contributed by atoms with Crippen LogP contribution in [0.1, 0.15) is 13.3 Å². The summed E-state index contributed by atoms with van der Waals surface area (Å²) in [5.41, 5.74) is 0.574. The van der Waals surface area contributed by atoms with Crippen LogP contribution in [0, 0.1) is 0 Å². The number of hydrogen-bond donors (Lipinski definition) is 4. The van der Waals surface area contributed by atoms with Crippen molar-refractivity contribution in [2.75, 3.05) is 34.2 Å². The Kier molecular flexibility index (Phi) is 16.6. The van der Waals surface area contributed by atoms with Crippen LogP contribution in [0.4, 0.5) is 0 Å². The van der Waals surface area contributed by atoms with Crippen LogP contribution in [-0.4, -0.2) is 73.7 Å². The molecule has 0 aromatic rings. The Balaban J connectivity index is -0.000000432. The molecule has 10 heteroatoms. The molecule has 0 rings (SSSR count). The minimum atomic E-state index is -1.48. The maximum atomic E-state index is 11.1. The van der Waals surface area contributed by atoms with E-state index in [-0.39, 0.29) is 18.3 Å². The quantitative estimate of drug-likeness (QED) is 0.129. The first-order chi connectivity index (χ1) is 12.3. The Morgan fingerprint density at radius 2 is 1.46 bits per heavy atom. The van der Waals surface area contributed by atoms with Gasteiger partial charge in [0.1, 0.15) is 0 Å². The number of nitrogens with zero attached hydrogens (tertiary/aromatic N) is 1. The van der Waals surface area contributed by atoms with Gasteiger partial charge in [-0.15, -0.1) is 0 Å². The Hall–Kier alpha value is -2.65. The van der Waals surface area contributed by atoms with Gasteiger partial charge in [0.05, 0.1) is 27.7 Å². The van der Waals surface area contributed by atoms with Crippen molar-refractivity contribution in [1.82, 2.24) is 16.0 Å². The Labute approximate surface area is 172 Å². The second kappa shape index (κ2) is 15.4. The average molecular weight is 419 g/mol. The third-order valence-corrected chi connectivity index (χ3v) is 2.87. The summed E-state index contributed by atoms with van der Waals surface area (Å²) in [5.74, 6) is -2.81. The fourth-order valence-corrected chi connectivity index (χ4v) is 1.47. The highest BCUT2D eigenvalue weighted by Crippen LogP contribution is 1.92. The van der Waals surface area contributed by atoms with Gasteiger partial charge in [0.15, 0.2) is 0 Å². The zero-order chi connectivity index (χ0) is 21.6. The molecular weight excluding hydrogens is 388 g/mol. The fraction of sp³-hybridized carbons (Fsp3) is 0.444. The summed E-state index contributed by atoms with van der Waals surface area (Å²) in [7, 11) is 6.42. The van der Waals surface area contributed by atoms with E-state index in [1.165, 1.54) is 0 Å². The molecule has 0 aliphatic heterocycles. The molecule has 0 saturated carbocycles. The molecule has 0 bridgehead atoms. The first-order valence-electron chi connectivity index (χ1n) is 8.16. The van der Waals surface area contributed by atoms with Crippen molar-refractivity contribution in [3.63, 3.8) is 0 Å². The molecule has 4 N–H and O–H groups in total. The second-order valence-electron chi connectivity index (χ2n) is 6.60. The van der Waals surface area contributed by atoms with Gasteiger partial charge in [0, 0.05) is 18.5 Å². The van der Waals surface area contributed by atoms with E-state index in [0.717, 1.165) is 36.1 Å². The van der Waals surface area contributed by atoms with Crippen LogP contribution in [-0.2, 0) is 19.2 Å². The number of carbonyl (C=O) groups excluding carboxylic acids is 3. The highest BCUT2D eigenvalue weighted by molar-refractivity contribution is 5.94. The SMILES string of the molecule is C=C(C)C(=O)NCCC[N+](C)(C)C.C=CC(=O)NC(NC(=O)C=C)C(=O)O.[Cl-]. The van der Waals surface area contributed by atoms with Gasteiger partial charge in [-0.1, -0.05) is 19.7 Å². The van der Waals surface area contributed by atoms with Crippen LogP contribution < -0.4 is 28.4 Å². The van der Waals surface area contributed by atoms with Crippen molar-refractivity contribution in [2.45, 2.75) is 19.5 Å². The number of halogens is 1. The van der Waals surface area contributed by atoms with E-state index in [4.69, 9.17) is 5.11 Å². The van der Waals surface area contributed by atoms with Crippen LogP contribution in [0.25, 0.3) is 0 Å². The molecule has 0 radical (unpaired) electrons. The van der Waals surface area contributed by atoms with Gasteiger partial charge in [-0.2, -0.15) is 0 Å². The maximum Gasteiger partial charge on any atom is 0.347 e. The fourth-order valence-electron chi connectivity index (χ4n) is 1.47. The predicted octanol–water partition coefficient (Wildman–Crippen LogP) is -3.22. The van der Waals surface area contributed by atoms with Gasteiger partial charge in [0.25, 0.3) is 0 Å². The van der Waals surface area contributed by atoms with Crippen molar-refractivity contribution in [3.05, 3.63) is 37.5 Å². The average Bonchev–Trinajstić information content (AvgIpc) is 2.56. The lowest BCUT2D eigenvalue weighted by molar-refractivity contribution is -0.870. The molecule has 0 aromatic carbocycles. The molecule has 0 aliphatic rings. The summed E-state index contributed by atoms with van der Waals surface area (Å²) in [6.45, 7) is 13.4. The number of amides is 3. The van der Waals surface area contributed by atoms with Crippen LogP contribution in [0.2, 0.25) is 0 Å².